The van der Waals surface area contributed by atoms with Crippen molar-refractivity contribution in [2.75, 3.05) is 12.3 Å². The average molecular weight is 303 g/mol. The number of fused-ring (bicyclic) bond motifs is 1. The number of hydrogen-bond acceptors (Lipinski definition) is 5. The number of aromatic nitrogens is 1. The second-order valence-electron chi connectivity index (χ2n) is 5.23. The number of nitrogens with zero attached hydrogens (tertiary/aromatic N) is 2. The number of oxazole rings is 1. The molecule has 0 bridgehead atoms. The first kappa shape index (κ1) is 15.9. The molecule has 0 radical (unpaired) electrons. The minimum Gasteiger partial charge on any atom is -0.431 e. The number of hydrogen-bond donors (Lipinski definition) is 1. The molecule has 0 amide bonds. The second-order valence-corrected chi connectivity index (χ2v) is 6.27. The van der Waals surface area contributed by atoms with E-state index in [-0.39, 0.29) is 0 Å². The molecule has 1 unspecified atom stereocenters. The van der Waals surface area contributed by atoms with Gasteiger partial charge in [0.1, 0.15) is 11.1 Å². The molecule has 0 saturated heterocycles. The molecule has 0 aliphatic rings. The molecule has 2 aromatic rings. The smallest absolute Gasteiger partial charge is 0.256 e. The minimum atomic E-state index is -0.406. The zero-order chi connectivity index (χ0) is 15.1. The van der Waals surface area contributed by atoms with Gasteiger partial charge in [-0.3, -0.25) is 5.32 Å². The Morgan fingerprint density at radius 2 is 2.19 bits per heavy atom. The highest BCUT2D eigenvalue weighted by Crippen LogP contribution is 2.24. The van der Waals surface area contributed by atoms with Gasteiger partial charge in [0, 0.05) is 5.75 Å². The van der Waals surface area contributed by atoms with E-state index in [1.807, 2.05) is 38.1 Å². The van der Waals surface area contributed by atoms with Crippen LogP contribution in [-0.4, -0.2) is 22.8 Å². The maximum atomic E-state index is 9.19. The van der Waals surface area contributed by atoms with Crippen molar-refractivity contribution < 1.29 is 4.42 Å². The Labute approximate surface area is 129 Å². The summed E-state index contributed by atoms with van der Waals surface area (Å²) < 4.78 is 5.66. The number of nitriles is 1. The second kappa shape index (κ2) is 7.48. The van der Waals surface area contributed by atoms with Crippen molar-refractivity contribution in [1.29, 1.82) is 5.26 Å². The Hall–Kier alpha value is -1.51. The summed E-state index contributed by atoms with van der Waals surface area (Å²) in [5.41, 5.74) is 1.34. The van der Waals surface area contributed by atoms with E-state index in [4.69, 9.17) is 4.42 Å². The highest BCUT2D eigenvalue weighted by molar-refractivity contribution is 7.99. The molecular formula is C16H21N3OS. The summed E-state index contributed by atoms with van der Waals surface area (Å²) in [5.74, 6) is 0.959. The van der Waals surface area contributed by atoms with E-state index in [0.29, 0.717) is 0 Å². The fraction of sp³-hybridized carbons (Fsp3) is 0.500. The largest absolute Gasteiger partial charge is 0.431 e. The molecule has 0 fully saturated rings. The molecule has 4 nitrogen and oxygen atoms in total. The molecule has 5 heteroatoms. The summed E-state index contributed by atoms with van der Waals surface area (Å²) in [7, 11) is 0. The monoisotopic (exact) mass is 303 g/mol. The highest BCUT2D eigenvalue weighted by Gasteiger charge is 2.21. The van der Waals surface area contributed by atoms with Gasteiger partial charge in [0.25, 0.3) is 5.22 Å². The molecule has 21 heavy (non-hydrogen) atoms. The molecule has 0 aliphatic carbocycles. The number of nitrogens with one attached hydrogen (secondary N) is 1. The molecule has 1 aromatic heterocycles. The van der Waals surface area contributed by atoms with Gasteiger partial charge in [0.05, 0.1) is 6.07 Å². The van der Waals surface area contributed by atoms with Gasteiger partial charge in [0.15, 0.2) is 5.58 Å². The lowest BCUT2D eigenvalue weighted by atomic mass is 9.97. The quantitative estimate of drug-likeness (QED) is 0.590. The summed E-state index contributed by atoms with van der Waals surface area (Å²) >= 11 is 1.64. The molecule has 1 aromatic carbocycles. The van der Waals surface area contributed by atoms with Crippen molar-refractivity contribution in [3.63, 3.8) is 0 Å². The maximum absolute atomic E-state index is 9.19. The highest BCUT2D eigenvalue weighted by atomic mass is 32.2. The third-order valence-corrected chi connectivity index (χ3v) is 4.30. The summed E-state index contributed by atoms with van der Waals surface area (Å²) in [5, 5.41) is 13.2. The Morgan fingerprint density at radius 1 is 1.38 bits per heavy atom. The van der Waals surface area contributed by atoms with Crippen LogP contribution >= 0.6 is 11.8 Å². The van der Waals surface area contributed by atoms with Crippen LogP contribution in [0.4, 0.5) is 0 Å². The number of rotatable bonds is 8. The van der Waals surface area contributed by atoms with Gasteiger partial charge in [-0.25, -0.2) is 4.98 Å². The summed E-state index contributed by atoms with van der Waals surface area (Å²) in [6.07, 6.45) is 2.93. The van der Waals surface area contributed by atoms with Crippen LogP contribution in [0.1, 0.15) is 33.1 Å². The Balaban J connectivity index is 1.73. The summed E-state index contributed by atoms with van der Waals surface area (Å²) in [6.45, 7) is 4.81. The fourth-order valence-corrected chi connectivity index (χ4v) is 3.06. The molecule has 1 N–H and O–H groups in total. The van der Waals surface area contributed by atoms with E-state index in [0.717, 1.165) is 47.9 Å². The predicted octanol–water partition coefficient (Wildman–Crippen LogP) is 3.98. The normalized spacial score (nSPS) is 14.0. The molecule has 0 aliphatic heterocycles. The van der Waals surface area contributed by atoms with Crippen LogP contribution in [0.15, 0.2) is 33.9 Å². The molecule has 112 valence electrons. The average Bonchev–Trinajstić information content (AvgIpc) is 2.90. The van der Waals surface area contributed by atoms with E-state index in [2.05, 4.69) is 16.4 Å². The van der Waals surface area contributed by atoms with Crippen LogP contribution in [0.25, 0.3) is 11.1 Å². The van der Waals surface area contributed by atoms with Crippen molar-refractivity contribution in [2.24, 2.45) is 0 Å². The van der Waals surface area contributed by atoms with Crippen LogP contribution in [0, 0.1) is 11.3 Å². The van der Waals surface area contributed by atoms with E-state index < -0.39 is 5.54 Å². The van der Waals surface area contributed by atoms with E-state index >= 15 is 0 Å². The number of unbranched alkanes of at least 4 members (excludes halogenated alkanes) is 1. The maximum Gasteiger partial charge on any atom is 0.256 e. The van der Waals surface area contributed by atoms with Gasteiger partial charge in [-0.2, -0.15) is 5.26 Å². The zero-order valence-electron chi connectivity index (χ0n) is 12.6. The number of benzene rings is 1. The topological polar surface area (TPSA) is 61.9 Å². The first-order valence-corrected chi connectivity index (χ1v) is 8.30. The Kier molecular flexibility index (Phi) is 5.66. The van der Waals surface area contributed by atoms with Gasteiger partial charge in [-0.1, -0.05) is 30.8 Å². The lowest BCUT2D eigenvalue weighted by molar-refractivity contribution is 0.415. The van der Waals surface area contributed by atoms with Crippen LogP contribution in [0.3, 0.4) is 0 Å². The summed E-state index contributed by atoms with van der Waals surface area (Å²) in [4.78, 5) is 4.44. The summed E-state index contributed by atoms with van der Waals surface area (Å²) in [6, 6.07) is 10.2. The molecular weight excluding hydrogens is 282 g/mol. The van der Waals surface area contributed by atoms with Crippen LogP contribution < -0.4 is 5.32 Å². The van der Waals surface area contributed by atoms with E-state index in [9.17, 15) is 5.26 Å². The first-order valence-electron chi connectivity index (χ1n) is 7.31. The van der Waals surface area contributed by atoms with Crippen molar-refractivity contribution in [2.45, 2.75) is 43.9 Å². The number of thioether (sulfide) groups is 1. The first-order chi connectivity index (χ1) is 10.2. The Morgan fingerprint density at radius 3 is 2.90 bits per heavy atom. The fourth-order valence-electron chi connectivity index (χ4n) is 2.23. The third kappa shape index (κ3) is 4.48. The molecule has 0 spiro atoms. The SMILES string of the molecule is CCNC(C)(C#N)CCCCSc1nc2ccccc2o1. The molecule has 2 rings (SSSR count). The third-order valence-electron chi connectivity index (χ3n) is 3.38. The minimum absolute atomic E-state index is 0.406. The van der Waals surface area contributed by atoms with Crippen molar-refractivity contribution in [3.05, 3.63) is 24.3 Å². The van der Waals surface area contributed by atoms with Gasteiger partial charge >= 0.3 is 0 Å². The zero-order valence-corrected chi connectivity index (χ0v) is 13.4. The molecule has 1 heterocycles. The van der Waals surface area contributed by atoms with Crippen LogP contribution in [0.2, 0.25) is 0 Å². The molecule has 1 atom stereocenters. The molecule has 0 saturated carbocycles. The standard InChI is InChI=1S/C16H21N3OS/c1-3-18-16(2,12-17)10-6-7-11-21-15-19-13-8-4-5-9-14(13)20-15/h4-5,8-9,18H,3,6-7,10-11H2,1-2H3. The Bertz CT molecular complexity index is 586. The van der Waals surface area contributed by atoms with Crippen molar-refractivity contribution >= 4 is 22.9 Å². The van der Waals surface area contributed by atoms with Gasteiger partial charge in [0.2, 0.25) is 0 Å². The number of para-hydroxylation sites is 2. The lowest BCUT2D eigenvalue weighted by Gasteiger charge is -2.22. The lowest BCUT2D eigenvalue weighted by Crippen LogP contribution is -2.40. The van der Waals surface area contributed by atoms with Gasteiger partial charge in [-0.15, -0.1) is 0 Å². The van der Waals surface area contributed by atoms with E-state index in [1.54, 1.807) is 11.8 Å². The van der Waals surface area contributed by atoms with Gasteiger partial charge < -0.3 is 4.42 Å². The van der Waals surface area contributed by atoms with Crippen molar-refractivity contribution in [3.8, 4) is 6.07 Å². The van der Waals surface area contributed by atoms with Crippen molar-refractivity contribution in [1.82, 2.24) is 10.3 Å². The van der Waals surface area contributed by atoms with Gasteiger partial charge in [-0.05, 0) is 44.9 Å². The van der Waals surface area contributed by atoms with Crippen LogP contribution in [-0.2, 0) is 0 Å². The van der Waals surface area contributed by atoms with E-state index in [1.165, 1.54) is 0 Å². The van der Waals surface area contributed by atoms with Crippen LogP contribution in [0.5, 0.6) is 0 Å². The predicted molar refractivity (Wildman–Crippen MR) is 86.3 cm³/mol.